The van der Waals surface area contributed by atoms with Gasteiger partial charge in [-0.3, -0.25) is 4.79 Å². The van der Waals surface area contributed by atoms with Crippen LogP contribution in [0.25, 0.3) is 0 Å². The molecule has 0 aromatic heterocycles. The van der Waals surface area contributed by atoms with Crippen LogP contribution in [0.2, 0.25) is 0 Å². The van der Waals surface area contributed by atoms with Crippen molar-refractivity contribution in [3.8, 4) is 11.5 Å². The topological polar surface area (TPSA) is 46.5 Å². The van der Waals surface area contributed by atoms with E-state index in [1.165, 1.54) is 63.5 Å². The number of carbonyl (C=O) groups excluding carboxylic acids is 1. The molecule has 2 aliphatic rings. The lowest BCUT2D eigenvalue weighted by Gasteiger charge is -2.38. The van der Waals surface area contributed by atoms with Gasteiger partial charge in [-0.05, 0) is 74.3 Å². The fourth-order valence-corrected chi connectivity index (χ4v) is 6.05. The van der Waals surface area contributed by atoms with Crippen molar-refractivity contribution >= 4 is 5.78 Å². The van der Waals surface area contributed by atoms with Crippen LogP contribution in [0.4, 0.5) is 13.2 Å². The number of Topliss-reactive ketones (excluding diaryl/α,β-unsaturated/α-hetero) is 1. The molecule has 0 bridgehead atoms. The fraction of sp³-hybridized carbons (Fsp3) is 0.750. The molecule has 0 heterocycles. The summed E-state index contributed by atoms with van der Waals surface area (Å²) >= 11 is 0. The Bertz CT molecular complexity index is 789. The van der Waals surface area contributed by atoms with Crippen LogP contribution in [0.15, 0.2) is 12.1 Å². The van der Waals surface area contributed by atoms with Crippen LogP contribution in [0.1, 0.15) is 113 Å². The second-order valence-corrected chi connectivity index (χ2v) is 10.5. The first kappa shape index (κ1) is 26.9. The summed E-state index contributed by atoms with van der Waals surface area (Å²) in [4.78, 5) is 11.9. The minimum atomic E-state index is -4.80. The number of hydrogen-bond donors (Lipinski definition) is 1. The Morgan fingerprint density at radius 2 is 1.53 bits per heavy atom. The van der Waals surface area contributed by atoms with Crippen molar-refractivity contribution in [2.45, 2.75) is 103 Å². The van der Waals surface area contributed by atoms with Gasteiger partial charge in [-0.15, -0.1) is 0 Å². The summed E-state index contributed by atoms with van der Waals surface area (Å²) in [5.41, 5.74) is -1.54. The van der Waals surface area contributed by atoms with Gasteiger partial charge in [0.2, 0.25) is 0 Å². The van der Waals surface area contributed by atoms with Gasteiger partial charge < -0.3 is 9.84 Å². The highest BCUT2D eigenvalue weighted by Gasteiger charge is 2.40. The maximum atomic E-state index is 13.6. The summed E-state index contributed by atoms with van der Waals surface area (Å²) in [6.45, 7) is 4.01. The smallest absolute Gasteiger partial charge is 0.423 e. The molecule has 34 heavy (non-hydrogen) atoms. The molecule has 0 unspecified atom stereocenters. The van der Waals surface area contributed by atoms with Crippen LogP contribution in [-0.4, -0.2) is 17.5 Å². The second-order valence-electron chi connectivity index (χ2n) is 10.5. The van der Waals surface area contributed by atoms with Gasteiger partial charge in [-0.2, -0.15) is 13.2 Å². The van der Waals surface area contributed by atoms with Crippen molar-refractivity contribution in [3.05, 3.63) is 23.3 Å². The summed E-state index contributed by atoms with van der Waals surface area (Å²) in [6, 6.07) is 2.41. The average Bonchev–Trinajstić information content (AvgIpc) is 2.82. The van der Waals surface area contributed by atoms with Crippen molar-refractivity contribution in [2.24, 2.45) is 23.7 Å². The van der Waals surface area contributed by atoms with Crippen molar-refractivity contribution in [1.29, 1.82) is 0 Å². The maximum Gasteiger partial charge on any atom is 0.423 e. The van der Waals surface area contributed by atoms with Crippen LogP contribution < -0.4 is 4.74 Å². The molecule has 0 saturated heterocycles. The highest BCUT2D eigenvalue weighted by Crippen LogP contribution is 2.45. The van der Waals surface area contributed by atoms with Crippen LogP contribution in [-0.2, 0) is 6.18 Å². The lowest BCUT2D eigenvalue weighted by Crippen LogP contribution is -2.27. The molecule has 3 nitrogen and oxygen atoms in total. The summed E-state index contributed by atoms with van der Waals surface area (Å²) in [5.74, 6) is 0.742. The molecule has 0 radical (unpaired) electrons. The zero-order chi connectivity index (χ0) is 24.7. The first-order valence-electron chi connectivity index (χ1n) is 13.3. The van der Waals surface area contributed by atoms with Gasteiger partial charge in [0, 0.05) is 6.42 Å². The van der Waals surface area contributed by atoms with E-state index in [2.05, 4.69) is 6.92 Å². The fourth-order valence-electron chi connectivity index (χ4n) is 6.05. The molecule has 2 fully saturated rings. The van der Waals surface area contributed by atoms with Crippen molar-refractivity contribution in [2.75, 3.05) is 6.61 Å². The van der Waals surface area contributed by atoms with E-state index in [9.17, 15) is 23.1 Å². The van der Waals surface area contributed by atoms with Crippen molar-refractivity contribution < 1.29 is 27.8 Å². The normalized spacial score (nSPS) is 25.8. The summed E-state index contributed by atoms with van der Waals surface area (Å²) in [5, 5.41) is 10.2. The molecule has 3 rings (SSSR count). The van der Waals surface area contributed by atoms with Gasteiger partial charge in [0.15, 0.2) is 5.78 Å². The zero-order valence-electron chi connectivity index (χ0n) is 20.8. The van der Waals surface area contributed by atoms with E-state index in [1.807, 2.05) is 0 Å². The molecular weight excluding hydrogens is 441 g/mol. The first-order chi connectivity index (χ1) is 16.2. The van der Waals surface area contributed by atoms with Gasteiger partial charge in [-0.1, -0.05) is 52.4 Å². The lowest BCUT2D eigenvalue weighted by atomic mass is 9.69. The van der Waals surface area contributed by atoms with Crippen LogP contribution >= 0.6 is 0 Å². The monoisotopic (exact) mass is 482 g/mol. The molecule has 1 N–H and O–H groups in total. The Hall–Kier alpha value is -1.72. The largest absolute Gasteiger partial charge is 0.506 e. The number of phenolic OH excluding ortho intramolecular Hbond substituents is 1. The first-order valence-corrected chi connectivity index (χ1v) is 13.3. The number of phenols is 1. The Morgan fingerprint density at radius 1 is 0.941 bits per heavy atom. The molecule has 1 aromatic carbocycles. The average molecular weight is 483 g/mol. The summed E-state index contributed by atoms with van der Waals surface area (Å²) < 4.78 is 46.5. The van der Waals surface area contributed by atoms with Gasteiger partial charge >= 0.3 is 6.18 Å². The molecule has 1 aromatic rings. The van der Waals surface area contributed by atoms with E-state index < -0.39 is 23.3 Å². The van der Waals surface area contributed by atoms with Gasteiger partial charge in [0.05, 0.1) is 12.2 Å². The Balaban J connectivity index is 1.50. The van der Waals surface area contributed by atoms with Gasteiger partial charge in [0.25, 0.3) is 0 Å². The number of aromatic hydroxyl groups is 1. The number of carbonyl (C=O) groups is 1. The summed E-state index contributed by atoms with van der Waals surface area (Å²) in [6.07, 6.45) is 10.2. The second kappa shape index (κ2) is 12.3. The van der Waals surface area contributed by atoms with E-state index in [-0.39, 0.29) is 30.3 Å². The molecule has 2 saturated carbocycles. The standard InChI is InChI=1S/C28H41F3O3/c1-3-5-6-7-19-8-12-21(13-9-19)22-14-10-20(11-15-22)18-34-25-17-16-23(24(32)4-2)27(33)26(25)28(29,30)31/h16-17,19-22,33H,3-15,18H2,1-2H3. The third-order valence-electron chi connectivity index (χ3n) is 8.18. The number of alkyl halides is 3. The quantitative estimate of drug-likeness (QED) is 0.268. The third-order valence-corrected chi connectivity index (χ3v) is 8.18. The number of ether oxygens (including phenoxy) is 1. The SMILES string of the molecule is CCCCCC1CCC(C2CCC(COc3ccc(C(=O)CC)c(O)c3C(F)(F)F)CC2)CC1. The number of benzene rings is 1. The zero-order valence-corrected chi connectivity index (χ0v) is 20.8. The van der Waals surface area contributed by atoms with Gasteiger partial charge in [0.1, 0.15) is 17.1 Å². The van der Waals surface area contributed by atoms with E-state index >= 15 is 0 Å². The van der Waals surface area contributed by atoms with E-state index in [0.29, 0.717) is 0 Å². The molecular formula is C28H41F3O3. The Morgan fingerprint density at radius 3 is 2.06 bits per heavy atom. The number of ketones is 1. The predicted octanol–water partition coefficient (Wildman–Crippen LogP) is 8.58. The number of rotatable bonds is 10. The lowest BCUT2D eigenvalue weighted by molar-refractivity contribution is -0.140. The molecule has 0 spiro atoms. The minimum absolute atomic E-state index is 0.0226. The molecule has 0 amide bonds. The minimum Gasteiger partial charge on any atom is -0.506 e. The van der Waals surface area contributed by atoms with Crippen molar-refractivity contribution in [1.82, 2.24) is 0 Å². The maximum absolute atomic E-state index is 13.6. The van der Waals surface area contributed by atoms with E-state index in [1.54, 1.807) is 6.92 Å². The van der Waals surface area contributed by atoms with Gasteiger partial charge in [-0.25, -0.2) is 0 Å². The number of halogens is 3. The molecule has 0 atom stereocenters. The van der Waals surface area contributed by atoms with Crippen LogP contribution in [0, 0.1) is 23.7 Å². The predicted molar refractivity (Wildman–Crippen MR) is 128 cm³/mol. The Kier molecular flexibility index (Phi) is 9.73. The van der Waals surface area contributed by atoms with E-state index in [0.717, 1.165) is 43.4 Å². The summed E-state index contributed by atoms with van der Waals surface area (Å²) in [7, 11) is 0. The van der Waals surface area contributed by atoms with E-state index in [4.69, 9.17) is 4.74 Å². The molecule has 6 heteroatoms. The Labute approximate surface area is 202 Å². The molecule has 192 valence electrons. The van der Waals surface area contributed by atoms with Crippen LogP contribution in [0.3, 0.4) is 0 Å². The third kappa shape index (κ3) is 6.91. The highest BCUT2D eigenvalue weighted by atomic mass is 19.4. The van der Waals surface area contributed by atoms with Crippen molar-refractivity contribution in [3.63, 3.8) is 0 Å². The number of unbranched alkanes of at least 4 members (excludes halogenated alkanes) is 2. The van der Waals surface area contributed by atoms with Crippen LogP contribution in [0.5, 0.6) is 11.5 Å². The molecule has 2 aliphatic carbocycles. The molecule has 0 aliphatic heterocycles. The highest BCUT2D eigenvalue weighted by molar-refractivity contribution is 5.99. The number of hydrogen-bond acceptors (Lipinski definition) is 3.